The van der Waals surface area contributed by atoms with Gasteiger partial charge < -0.3 is 10.0 Å². The van der Waals surface area contributed by atoms with Crippen LogP contribution in [0.5, 0.6) is 0 Å². The Kier molecular flexibility index (Phi) is 3.91. The zero-order valence-electron chi connectivity index (χ0n) is 11.4. The Morgan fingerprint density at radius 3 is 2.61 bits per heavy atom. The molecule has 2 atom stereocenters. The van der Waals surface area contributed by atoms with E-state index in [4.69, 9.17) is 0 Å². The topological polar surface area (TPSA) is 23.5 Å². The molecular formula is C15H22FNO. The highest BCUT2D eigenvalue weighted by Crippen LogP contribution is 2.34. The molecular weight excluding hydrogens is 229 g/mol. The first-order chi connectivity index (χ1) is 8.50. The van der Waals surface area contributed by atoms with Crippen LogP contribution in [0.4, 0.5) is 10.1 Å². The molecule has 1 aromatic carbocycles. The van der Waals surface area contributed by atoms with E-state index in [1.807, 2.05) is 6.07 Å². The van der Waals surface area contributed by atoms with E-state index >= 15 is 0 Å². The van der Waals surface area contributed by atoms with Gasteiger partial charge in [-0.3, -0.25) is 0 Å². The fourth-order valence-electron chi connectivity index (χ4n) is 2.77. The van der Waals surface area contributed by atoms with Gasteiger partial charge in [-0.2, -0.15) is 0 Å². The van der Waals surface area contributed by atoms with Crippen molar-refractivity contribution in [3.63, 3.8) is 0 Å². The Hall–Kier alpha value is -1.09. The van der Waals surface area contributed by atoms with Crippen LogP contribution >= 0.6 is 0 Å². The Bertz CT molecular complexity index is 417. The van der Waals surface area contributed by atoms with Crippen LogP contribution in [0.15, 0.2) is 18.2 Å². The third-order valence-corrected chi connectivity index (χ3v) is 3.96. The Morgan fingerprint density at radius 2 is 2.06 bits per heavy atom. The molecule has 1 fully saturated rings. The molecule has 1 saturated heterocycles. The zero-order valence-corrected chi connectivity index (χ0v) is 11.4. The van der Waals surface area contributed by atoms with Gasteiger partial charge in [0.05, 0.1) is 6.10 Å². The largest absolute Gasteiger partial charge is 0.389 e. The van der Waals surface area contributed by atoms with Gasteiger partial charge >= 0.3 is 0 Å². The summed E-state index contributed by atoms with van der Waals surface area (Å²) in [7, 11) is 0. The van der Waals surface area contributed by atoms with Crippen LogP contribution in [0.3, 0.4) is 0 Å². The number of halogens is 1. The fraction of sp³-hybridized carbons (Fsp3) is 0.600. The van der Waals surface area contributed by atoms with Crippen molar-refractivity contribution in [2.24, 2.45) is 11.8 Å². The first kappa shape index (κ1) is 13.3. The summed E-state index contributed by atoms with van der Waals surface area (Å²) in [6.07, 6.45) is 0.382. The van der Waals surface area contributed by atoms with Crippen molar-refractivity contribution in [3.05, 3.63) is 29.6 Å². The monoisotopic (exact) mass is 251 g/mol. The van der Waals surface area contributed by atoms with Gasteiger partial charge in [-0.05, 0) is 37.3 Å². The number of nitrogens with zero attached hydrogens (tertiary/aromatic N) is 1. The maximum atomic E-state index is 13.8. The molecule has 2 rings (SSSR count). The third kappa shape index (κ3) is 2.51. The van der Waals surface area contributed by atoms with Crippen LogP contribution in [0, 0.1) is 17.7 Å². The van der Waals surface area contributed by atoms with Crippen molar-refractivity contribution in [3.8, 4) is 0 Å². The van der Waals surface area contributed by atoms with Crippen molar-refractivity contribution in [2.45, 2.75) is 33.3 Å². The number of benzene rings is 1. The van der Waals surface area contributed by atoms with E-state index in [9.17, 15) is 9.50 Å². The quantitative estimate of drug-likeness (QED) is 0.890. The predicted molar refractivity (Wildman–Crippen MR) is 72.2 cm³/mol. The average molecular weight is 251 g/mol. The average Bonchev–Trinajstić information content (AvgIpc) is 2.77. The van der Waals surface area contributed by atoms with E-state index < -0.39 is 6.10 Å². The summed E-state index contributed by atoms with van der Waals surface area (Å²) in [5.41, 5.74) is 1.29. The van der Waals surface area contributed by atoms with Crippen LogP contribution in [-0.2, 0) is 0 Å². The molecule has 100 valence electrons. The first-order valence-electron chi connectivity index (χ1n) is 6.72. The SMILES string of the molecule is CC(C)C1CCN(c2cccc(F)c2[C@H](C)O)C1. The second-order valence-corrected chi connectivity index (χ2v) is 5.59. The maximum Gasteiger partial charge on any atom is 0.131 e. The van der Waals surface area contributed by atoms with Gasteiger partial charge in [0.2, 0.25) is 0 Å². The molecule has 0 bridgehead atoms. The van der Waals surface area contributed by atoms with E-state index in [0.717, 1.165) is 25.2 Å². The van der Waals surface area contributed by atoms with Crippen LogP contribution in [0.1, 0.15) is 38.9 Å². The first-order valence-corrected chi connectivity index (χ1v) is 6.72. The van der Waals surface area contributed by atoms with Gasteiger partial charge in [0, 0.05) is 24.3 Å². The molecule has 0 aliphatic carbocycles. The van der Waals surface area contributed by atoms with E-state index in [0.29, 0.717) is 17.4 Å². The molecule has 2 nitrogen and oxygen atoms in total. The van der Waals surface area contributed by atoms with E-state index in [1.165, 1.54) is 6.07 Å². The van der Waals surface area contributed by atoms with Crippen LogP contribution in [-0.4, -0.2) is 18.2 Å². The molecule has 1 aromatic rings. The lowest BCUT2D eigenvalue weighted by molar-refractivity contribution is 0.194. The van der Waals surface area contributed by atoms with Crippen LogP contribution in [0.2, 0.25) is 0 Å². The second-order valence-electron chi connectivity index (χ2n) is 5.59. The zero-order chi connectivity index (χ0) is 13.3. The van der Waals surface area contributed by atoms with Crippen molar-refractivity contribution in [2.75, 3.05) is 18.0 Å². The summed E-state index contributed by atoms with van der Waals surface area (Å²) in [5.74, 6) is 1.00. The van der Waals surface area contributed by atoms with Gasteiger partial charge in [-0.15, -0.1) is 0 Å². The number of anilines is 1. The lowest BCUT2D eigenvalue weighted by Crippen LogP contribution is -2.23. The third-order valence-electron chi connectivity index (χ3n) is 3.96. The molecule has 18 heavy (non-hydrogen) atoms. The summed E-state index contributed by atoms with van der Waals surface area (Å²) in [6.45, 7) is 8.00. The van der Waals surface area contributed by atoms with Gasteiger partial charge in [-0.1, -0.05) is 19.9 Å². The highest BCUT2D eigenvalue weighted by Gasteiger charge is 2.27. The minimum Gasteiger partial charge on any atom is -0.389 e. The molecule has 0 spiro atoms. The van der Waals surface area contributed by atoms with Crippen molar-refractivity contribution >= 4 is 5.69 Å². The summed E-state index contributed by atoms with van der Waals surface area (Å²) < 4.78 is 13.8. The molecule has 0 aromatic heterocycles. The fourth-order valence-corrected chi connectivity index (χ4v) is 2.77. The second kappa shape index (κ2) is 5.27. The Balaban J connectivity index is 2.27. The van der Waals surface area contributed by atoms with Crippen molar-refractivity contribution in [1.29, 1.82) is 0 Å². The highest BCUT2D eigenvalue weighted by atomic mass is 19.1. The van der Waals surface area contributed by atoms with Crippen molar-refractivity contribution in [1.82, 2.24) is 0 Å². The Morgan fingerprint density at radius 1 is 1.33 bits per heavy atom. The molecule has 1 unspecified atom stereocenters. The lowest BCUT2D eigenvalue weighted by atomic mass is 9.95. The van der Waals surface area contributed by atoms with E-state index in [1.54, 1.807) is 13.0 Å². The molecule has 1 N–H and O–H groups in total. The van der Waals surface area contributed by atoms with Gasteiger partial charge in [-0.25, -0.2) is 4.39 Å². The lowest BCUT2D eigenvalue weighted by Gasteiger charge is -2.24. The van der Waals surface area contributed by atoms with E-state index in [2.05, 4.69) is 18.7 Å². The molecule has 0 saturated carbocycles. The van der Waals surface area contributed by atoms with Gasteiger partial charge in [0.25, 0.3) is 0 Å². The summed E-state index contributed by atoms with van der Waals surface area (Å²) >= 11 is 0. The molecule has 1 heterocycles. The molecule has 0 amide bonds. The normalized spacial score (nSPS) is 21.7. The number of hydrogen-bond acceptors (Lipinski definition) is 2. The van der Waals surface area contributed by atoms with Crippen molar-refractivity contribution < 1.29 is 9.50 Å². The molecule has 0 radical (unpaired) electrons. The summed E-state index contributed by atoms with van der Waals surface area (Å²) in [5, 5.41) is 9.75. The van der Waals surface area contributed by atoms with Crippen LogP contribution < -0.4 is 4.90 Å². The number of aliphatic hydroxyl groups is 1. The predicted octanol–water partition coefficient (Wildman–Crippen LogP) is 3.36. The Labute approximate surface area is 108 Å². The van der Waals surface area contributed by atoms with E-state index in [-0.39, 0.29) is 5.82 Å². The van der Waals surface area contributed by atoms with Gasteiger partial charge in [0.1, 0.15) is 5.82 Å². The maximum absolute atomic E-state index is 13.8. The molecule has 1 aliphatic heterocycles. The van der Waals surface area contributed by atoms with Crippen LogP contribution in [0.25, 0.3) is 0 Å². The summed E-state index contributed by atoms with van der Waals surface area (Å²) in [6, 6.07) is 5.05. The van der Waals surface area contributed by atoms with Gasteiger partial charge in [0.15, 0.2) is 0 Å². The molecule has 3 heteroatoms. The number of hydrogen-bond donors (Lipinski definition) is 1. The highest BCUT2D eigenvalue weighted by molar-refractivity contribution is 5.55. The smallest absolute Gasteiger partial charge is 0.131 e. The minimum atomic E-state index is -0.765. The minimum absolute atomic E-state index is 0.310. The molecule has 1 aliphatic rings. The number of aliphatic hydroxyl groups excluding tert-OH is 1. The number of rotatable bonds is 3. The summed E-state index contributed by atoms with van der Waals surface area (Å²) in [4.78, 5) is 2.20. The standard InChI is InChI=1S/C15H22FNO/c1-10(2)12-7-8-17(9-12)14-6-4-5-13(16)15(14)11(3)18/h4-6,10-12,18H,7-9H2,1-3H3/t11-,12?/m0/s1.